The van der Waals surface area contributed by atoms with Crippen LogP contribution in [0.4, 0.5) is 19.0 Å². The molecule has 0 bridgehead atoms. The van der Waals surface area contributed by atoms with Gasteiger partial charge >= 0.3 is 6.18 Å². The quantitative estimate of drug-likeness (QED) is 0.900. The summed E-state index contributed by atoms with van der Waals surface area (Å²) in [6.45, 7) is 0.669. The van der Waals surface area contributed by atoms with Crippen LogP contribution in [0.5, 0.6) is 0 Å². The van der Waals surface area contributed by atoms with Crippen molar-refractivity contribution < 1.29 is 13.2 Å². The minimum atomic E-state index is -4.39. The van der Waals surface area contributed by atoms with Gasteiger partial charge in [-0.3, -0.25) is 0 Å². The van der Waals surface area contributed by atoms with Gasteiger partial charge in [0.1, 0.15) is 11.5 Å². The molecule has 1 heterocycles. The third-order valence-electron chi connectivity index (χ3n) is 3.58. The molecule has 0 atom stereocenters. The van der Waals surface area contributed by atoms with Gasteiger partial charge in [0.25, 0.3) is 0 Å². The summed E-state index contributed by atoms with van der Waals surface area (Å²) >= 11 is 1.80. The van der Waals surface area contributed by atoms with Crippen molar-refractivity contribution in [3.8, 4) is 0 Å². The van der Waals surface area contributed by atoms with E-state index in [9.17, 15) is 13.2 Å². The van der Waals surface area contributed by atoms with E-state index in [1.54, 1.807) is 17.8 Å². The van der Waals surface area contributed by atoms with Gasteiger partial charge in [0, 0.05) is 11.3 Å². The molecule has 0 radical (unpaired) electrons. The molecule has 106 valence electrons. The van der Waals surface area contributed by atoms with E-state index in [0.717, 1.165) is 18.9 Å². The molecular formula is C13H17F3N2S. The number of thioether (sulfide) groups is 1. The summed E-state index contributed by atoms with van der Waals surface area (Å²) in [5, 5.41) is 3.06. The van der Waals surface area contributed by atoms with Gasteiger partial charge in [0.15, 0.2) is 0 Å². The molecule has 6 heteroatoms. The first-order valence-corrected chi connectivity index (χ1v) is 7.51. The van der Waals surface area contributed by atoms with E-state index >= 15 is 0 Å². The van der Waals surface area contributed by atoms with E-state index in [2.05, 4.69) is 16.6 Å². The number of rotatable bonds is 4. The van der Waals surface area contributed by atoms with Crippen molar-refractivity contribution in [2.45, 2.75) is 36.6 Å². The van der Waals surface area contributed by atoms with E-state index in [1.165, 1.54) is 18.9 Å². The molecule has 0 aromatic carbocycles. The van der Waals surface area contributed by atoms with E-state index in [1.807, 2.05) is 0 Å². The lowest BCUT2D eigenvalue weighted by molar-refractivity contribution is -0.141. The maximum atomic E-state index is 12.6. The second-order valence-corrected chi connectivity index (χ2v) is 6.13. The fraction of sp³-hybridized carbons (Fsp3) is 0.615. The van der Waals surface area contributed by atoms with Crippen molar-refractivity contribution in [3.63, 3.8) is 0 Å². The molecule has 0 unspecified atom stereocenters. The molecule has 1 aromatic heterocycles. The van der Waals surface area contributed by atoms with Gasteiger partial charge in [0.2, 0.25) is 0 Å². The van der Waals surface area contributed by atoms with E-state index in [4.69, 9.17) is 0 Å². The summed E-state index contributed by atoms with van der Waals surface area (Å²) < 4.78 is 37.8. The predicted molar refractivity (Wildman–Crippen MR) is 72.4 cm³/mol. The number of pyridine rings is 1. The highest BCUT2D eigenvalue weighted by molar-refractivity contribution is 8.00. The Bertz CT molecular complexity index is 428. The molecule has 1 aromatic rings. The van der Waals surface area contributed by atoms with E-state index in [0.29, 0.717) is 12.4 Å². The first-order chi connectivity index (χ1) is 8.95. The van der Waals surface area contributed by atoms with Gasteiger partial charge in [-0.15, -0.1) is 0 Å². The van der Waals surface area contributed by atoms with Crippen LogP contribution in [0.3, 0.4) is 0 Å². The molecule has 2 nitrogen and oxygen atoms in total. The average Bonchev–Trinajstić information content (AvgIpc) is 2.85. The Labute approximate surface area is 115 Å². The Morgan fingerprint density at radius 2 is 2.00 bits per heavy atom. The zero-order valence-corrected chi connectivity index (χ0v) is 11.6. The van der Waals surface area contributed by atoms with Crippen molar-refractivity contribution in [1.29, 1.82) is 0 Å². The van der Waals surface area contributed by atoms with Crippen molar-refractivity contribution in [2.75, 3.05) is 18.1 Å². The molecule has 1 saturated carbocycles. The Hall–Kier alpha value is -0.910. The van der Waals surface area contributed by atoms with Crippen LogP contribution in [0.2, 0.25) is 0 Å². The second-order valence-electron chi connectivity index (χ2n) is 4.85. The van der Waals surface area contributed by atoms with Gasteiger partial charge in [0.05, 0.1) is 0 Å². The number of nitrogens with zero attached hydrogens (tertiary/aromatic N) is 1. The average molecular weight is 290 g/mol. The molecule has 1 aliphatic carbocycles. The monoisotopic (exact) mass is 290 g/mol. The molecule has 1 aliphatic rings. The molecule has 1 N–H and O–H groups in total. The fourth-order valence-corrected chi connectivity index (χ4v) is 3.33. The second kappa shape index (κ2) is 5.61. The van der Waals surface area contributed by atoms with Gasteiger partial charge in [-0.05, 0) is 31.2 Å². The van der Waals surface area contributed by atoms with Crippen LogP contribution in [0.1, 0.15) is 31.4 Å². The highest BCUT2D eigenvalue weighted by Crippen LogP contribution is 2.40. The largest absolute Gasteiger partial charge is 0.433 e. The van der Waals surface area contributed by atoms with Gasteiger partial charge in [-0.1, -0.05) is 18.9 Å². The number of nitrogens with one attached hydrogen (secondary N) is 1. The molecule has 2 rings (SSSR count). The summed E-state index contributed by atoms with van der Waals surface area (Å²) in [6.07, 6.45) is 2.28. The summed E-state index contributed by atoms with van der Waals surface area (Å²) in [4.78, 5) is 3.63. The number of aromatic nitrogens is 1. The number of halogens is 3. The third kappa shape index (κ3) is 3.55. The topological polar surface area (TPSA) is 24.9 Å². The first-order valence-electron chi connectivity index (χ1n) is 6.28. The van der Waals surface area contributed by atoms with Gasteiger partial charge in [-0.2, -0.15) is 24.9 Å². The summed E-state index contributed by atoms with van der Waals surface area (Å²) in [6, 6.07) is 3.96. The summed E-state index contributed by atoms with van der Waals surface area (Å²) in [7, 11) is 0. The minimum absolute atomic E-state index is 0.149. The van der Waals surface area contributed by atoms with Crippen LogP contribution in [0.25, 0.3) is 0 Å². The number of hydrogen-bond donors (Lipinski definition) is 1. The van der Waals surface area contributed by atoms with Crippen LogP contribution in [-0.2, 0) is 6.18 Å². The number of alkyl halides is 3. The highest BCUT2D eigenvalue weighted by Gasteiger charge is 2.34. The molecule has 0 amide bonds. The van der Waals surface area contributed by atoms with Crippen molar-refractivity contribution >= 4 is 17.6 Å². The Kier molecular flexibility index (Phi) is 4.28. The van der Waals surface area contributed by atoms with Crippen LogP contribution in [0.15, 0.2) is 18.2 Å². The molecule has 1 fully saturated rings. The third-order valence-corrected chi connectivity index (χ3v) is 5.00. The standard InChI is InChI=1S/C13H17F3N2S/c1-19-12(7-2-3-8-12)9-17-11-6-4-5-10(18-11)13(14,15)16/h4-6H,2-3,7-9H2,1H3,(H,17,18). The first kappa shape index (κ1) is 14.5. The smallest absolute Gasteiger partial charge is 0.369 e. The molecule has 0 saturated heterocycles. The van der Waals surface area contributed by atoms with E-state index in [-0.39, 0.29) is 4.75 Å². The maximum absolute atomic E-state index is 12.6. The zero-order valence-electron chi connectivity index (χ0n) is 10.8. The summed E-state index contributed by atoms with van der Waals surface area (Å²) in [5.41, 5.74) is -0.845. The van der Waals surface area contributed by atoms with Crippen molar-refractivity contribution in [3.05, 3.63) is 23.9 Å². The minimum Gasteiger partial charge on any atom is -0.369 e. The molecule has 0 aliphatic heterocycles. The highest BCUT2D eigenvalue weighted by atomic mass is 32.2. The zero-order chi connectivity index (χ0) is 13.9. The lowest BCUT2D eigenvalue weighted by Gasteiger charge is -2.27. The number of hydrogen-bond acceptors (Lipinski definition) is 3. The van der Waals surface area contributed by atoms with Crippen molar-refractivity contribution in [2.24, 2.45) is 0 Å². The maximum Gasteiger partial charge on any atom is 0.433 e. The summed E-state index contributed by atoms with van der Waals surface area (Å²) in [5.74, 6) is 0.301. The number of anilines is 1. The Morgan fingerprint density at radius 3 is 2.58 bits per heavy atom. The molecule has 0 spiro atoms. The van der Waals surface area contributed by atoms with Crippen molar-refractivity contribution in [1.82, 2.24) is 4.98 Å². The predicted octanol–water partition coefficient (Wildman–Crippen LogP) is 4.19. The Morgan fingerprint density at radius 1 is 1.32 bits per heavy atom. The van der Waals surface area contributed by atoms with Crippen LogP contribution in [-0.4, -0.2) is 22.5 Å². The lowest BCUT2D eigenvalue weighted by atomic mass is 10.1. The van der Waals surface area contributed by atoms with Crippen LogP contribution < -0.4 is 5.32 Å². The fourth-order valence-electron chi connectivity index (χ4n) is 2.42. The lowest BCUT2D eigenvalue weighted by Crippen LogP contribution is -2.30. The Balaban J connectivity index is 2.03. The SMILES string of the molecule is CSC1(CNc2cccc(C(F)(F)F)n2)CCCC1. The molecule has 19 heavy (non-hydrogen) atoms. The van der Waals surface area contributed by atoms with Crippen LogP contribution >= 0.6 is 11.8 Å². The van der Waals surface area contributed by atoms with Gasteiger partial charge < -0.3 is 5.32 Å². The van der Waals surface area contributed by atoms with Crippen LogP contribution in [0, 0.1) is 0 Å². The van der Waals surface area contributed by atoms with E-state index < -0.39 is 11.9 Å². The molecular weight excluding hydrogens is 273 g/mol. The normalized spacial score (nSPS) is 18.5. The van der Waals surface area contributed by atoms with Gasteiger partial charge in [-0.25, -0.2) is 4.98 Å².